The smallest absolute Gasteiger partial charge is 0.128 e. The maximum absolute atomic E-state index is 14.5. The van der Waals surface area contributed by atoms with Gasteiger partial charge in [0, 0.05) is 22.7 Å². The highest BCUT2D eigenvalue weighted by molar-refractivity contribution is 6.35. The molecule has 0 aliphatic heterocycles. The first-order chi connectivity index (χ1) is 13.0. The van der Waals surface area contributed by atoms with Gasteiger partial charge in [0.1, 0.15) is 5.82 Å². The van der Waals surface area contributed by atoms with Gasteiger partial charge < -0.3 is 5.32 Å². The number of para-hydroxylation sites is 1. The first kappa shape index (κ1) is 17.5. The van der Waals surface area contributed by atoms with E-state index in [9.17, 15) is 4.39 Å². The zero-order valence-corrected chi connectivity index (χ0v) is 15.7. The van der Waals surface area contributed by atoms with Crippen LogP contribution in [0.4, 0.5) is 10.1 Å². The number of aromatic nitrogens is 3. The summed E-state index contributed by atoms with van der Waals surface area (Å²) < 4.78 is 14.5. The lowest BCUT2D eigenvalue weighted by Crippen LogP contribution is -2.10. The van der Waals surface area contributed by atoms with Gasteiger partial charge in [0.2, 0.25) is 0 Å². The number of benzene rings is 2. The van der Waals surface area contributed by atoms with Gasteiger partial charge in [-0.2, -0.15) is 5.10 Å². The van der Waals surface area contributed by atoms with Gasteiger partial charge in [0.15, 0.2) is 0 Å². The Hall–Kier alpha value is -2.92. The van der Waals surface area contributed by atoms with Crippen molar-refractivity contribution >= 4 is 28.2 Å². The molecule has 2 aromatic heterocycles. The topological polar surface area (TPSA) is 53.6 Å². The second kappa shape index (κ2) is 7.00. The van der Waals surface area contributed by atoms with Crippen LogP contribution in [0.15, 0.2) is 54.9 Å². The molecule has 4 nitrogen and oxygen atoms in total. The quantitative estimate of drug-likeness (QED) is 0.463. The minimum atomic E-state index is -0.292. The van der Waals surface area contributed by atoms with Crippen LogP contribution >= 0.6 is 11.6 Å². The van der Waals surface area contributed by atoms with Gasteiger partial charge >= 0.3 is 0 Å². The van der Waals surface area contributed by atoms with E-state index in [4.69, 9.17) is 11.6 Å². The van der Waals surface area contributed by atoms with Crippen molar-refractivity contribution in [2.24, 2.45) is 0 Å². The second-order valence-corrected chi connectivity index (χ2v) is 6.87. The van der Waals surface area contributed by atoms with Crippen molar-refractivity contribution in [3.8, 4) is 11.1 Å². The standard InChI is InChI=1S/C21H18ClFN4/c1-12(17-9-14(7-8-18(17)23)15-10-24-25-11-15)27-21-16-5-3-4-6-19(16)26-13(2)20(21)22/h3-12H,1-2H3,(H,24,25)(H,26,27)/t12-/m1/s1. The highest BCUT2D eigenvalue weighted by Crippen LogP contribution is 2.35. The fourth-order valence-electron chi connectivity index (χ4n) is 3.21. The number of anilines is 1. The molecule has 4 rings (SSSR count). The zero-order chi connectivity index (χ0) is 19.0. The number of H-pyrrole nitrogens is 1. The van der Waals surface area contributed by atoms with Crippen molar-refractivity contribution in [3.63, 3.8) is 0 Å². The van der Waals surface area contributed by atoms with Crippen LogP contribution in [0.3, 0.4) is 0 Å². The Morgan fingerprint density at radius 3 is 2.74 bits per heavy atom. The van der Waals surface area contributed by atoms with Gasteiger partial charge in [-0.1, -0.05) is 35.9 Å². The number of aromatic amines is 1. The van der Waals surface area contributed by atoms with Crippen molar-refractivity contribution < 1.29 is 4.39 Å². The predicted octanol–water partition coefficient (Wildman–Crippen LogP) is 5.90. The molecule has 27 heavy (non-hydrogen) atoms. The summed E-state index contributed by atoms with van der Waals surface area (Å²) in [5, 5.41) is 11.6. The van der Waals surface area contributed by atoms with E-state index < -0.39 is 0 Å². The highest BCUT2D eigenvalue weighted by Gasteiger charge is 2.17. The lowest BCUT2D eigenvalue weighted by Gasteiger charge is -2.20. The summed E-state index contributed by atoms with van der Waals surface area (Å²) >= 11 is 6.52. The van der Waals surface area contributed by atoms with Crippen LogP contribution in [0.5, 0.6) is 0 Å². The molecule has 0 unspecified atom stereocenters. The lowest BCUT2D eigenvalue weighted by molar-refractivity contribution is 0.600. The summed E-state index contributed by atoms with van der Waals surface area (Å²) in [5.74, 6) is -0.270. The molecule has 0 spiro atoms. The van der Waals surface area contributed by atoms with Crippen molar-refractivity contribution in [1.29, 1.82) is 0 Å². The number of aryl methyl sites for hydroxylation is 1. The van der Waals surface area contributed by atoms with E-state index in [1.54, 1.807) is 18.5 Å². The Bertz CT molecular complexity index is 1110. The molecule has 1 atom stereocenters. The average Bonchev–Trinajstić information content (AvgIpc) is 3.20. The number of rotatable bonds is 4. The third-order valence-corrected chi connectivity index (χ3v) is 5.12. The Morgan fingerprint density at radius 2 is 1.96 bits per heavy atom. The van der Waals surface area contributed by atoms with Crippen molar-refractivity contribution in [2.45, 2.75) is 19.9 Å². The minimum Gasteiger partial charge on any atom is -0.377 e. The third kappa shape index (κ3) is 3.26. The molecule has 4 aromatic rings. The molecule has 136 valence electrons. The molecule has 2 heterocycles. The fraction of sp³-hybridized carbons (Fsp3) is 0.143. The summed E-state index contributed by atoms with van der Waals surface area (Å²) in [6.07, 6.45) is 3.50. The molecule has 0 aliphatic carbocycles. The number of halogens is 2. The first-order valence-electron chi connectivity index (χ1n) is 8.64. The van der Waals surface area contributed by atoms with Gasteiger partial charge in [-0.3, -0.25) is 10.1 Å². The fourth-order valence-corrected chi connectivity index (χ4v) is 3.41. The number of nitrogens with zero attached hydrogens (tertiary/aromatic N) is 2. The molecule has 0 saturated heterocycles. The van der Waals surface area contributed by atoms with E-state index in [0.29, 0.717) is 10.6 Å². The van der Waals surface area contributed by atoms with E-state index >= 15 is 0 Å². The number of hydrogen-bond donors (Lipinski definition) is 2. The van der Waals surface area contributed by atoms with Crippen LogP contribution in [0.1, 0.15) is 24.2 Å². The van der Waals surface area contributed by atoms with Gasteiger partial charge in [0.25, 0.3) is 0 Å². The van der Waals surface area contributed by atoms with E-state index in [1.165, 1.54) is 6.07 Å². The molecule has 0 bridgehead atoms. The number of pyridine rings is 1. The molecule has 0 saturated carbocycles. The molecule has 0 aliphatic rings. The predicted molar refractivity (Wildman–Crippen MR) is 108 cm³/mol. The largest absolute Gasteiger partial charge is 0.377 e. The Labute approximate surface area is 161 Å². The van der Waals surface area contributed by atoms with E-state index in [1.807, 2.05) is 44.2 Å². The number of hydrogen-bond acceptors (Lipinski definition) is 3. The molecular weight excluding hydrogens is 363 g/mol. The van der Waals surface area contributed by atoms with E-state index in [2.05, 4.69) is 20.5 Å². The molecule has 0 amide bonds. The average molecular weight is 381 g/mol. The van der Waals surface area contributed by atoms with Gasteiger partial charge in [-0.25, -0.2) is 4.39 Å². The van der Waals surface area contributed by atoms with Crippen LogP contribution in [-0.4, -0.2) is 15.2 Å². The zero-order valence-electron chi connectivity index (χ0n) is 14.9. The van der Waals surface area contributed by atoms with Crippen LogP contribution in [0.2, 0.25) is 5.02 Å². The van der Waals surface area contributed by atoms with Crippen LogP contribution in [0.25, 0.3) is 22.0 Å². The van der Waals surface area contributed by atoms with Gasteiger partial charge in [0.05, 0.1) is 34.2 Å². The van der Waals surface area contributed by atoms with Crippen molar-refractivity contribution in [3.05, 3.63) is 77.0 Å². The van der Waals surface area contributed by atoms with E-state index in [0.717, 1.165) is 33.4 Å². The Kier molecular flexibility index (Phi) is 4.54. The summed E-state index contributed by atoms with van der Waals surface area (Å²) in [6, 6.07) is 12.5. The summed E-state index contributed by atoms with van der Waals surface area (Å²) in [7, 11) is 0. The van der Waals surface area contributed by atoms with Gasteiger partial charge in [-0.05, 0) is 37.6 Å². The maximum atomic E-state index is 14.5. The number of nitrogens with one attached hydrogen (secondary N) is 2. The minimum absolute atomic E-state index is 0.270. The number of fused-ring (bicyclic) bond motifs is 1. The van der Waals surface area contributed by atoms with Crippen LogP contribution in [-0.2, 0) is 0 Å². The SMILES string of the molecule is Cc1nc2ccccc2c(N[C@H](C)c2cc(-c3cn[nH]c3)ccc2F)c1Cl. The Balaban J connectivity index is 1.75. The van der Waals surface area contributed by atoms with Crippen molar-refractivity contribution in [1.82, 2.24) is 15.2 Å². The monoisotopic (exact) mass is 380 g/mol. The molecule has 0 radical (unpaired) electrons. The molecule has 0 fully saturated rings. The third-order valence-electron chi connectivity index (χ3n) is 4.65. The Morgan fingerprint density at radius 1 is 1.15 bits per heavy atom. The molecule has 6 heteroatoms. The summed E-state index contributed by atoms with van der Waals surface area (Å²) in [4.78, 5) is 4.52. The van der Waals surface area contributed by atoms with Crippen molar-refractivity contribution in [2.75, 3.05) is 5.32 Å². The normalized spacial score (nSPS) is 12.3. The first-order valence-corrected chi connectivity index (χ1v) is 9.02. The summed E-state index contributed by atoms with van der Waals surface area (Å²) in [5.41, 5.74) is 4.71. The van der Waals surface area contributed by atoms with Crippen LogP contribution < -0.4 is 5.32 Å². The van der Waals surface area contributed by atoms with Crippen LogP contribution in [0, 0.1) is 12.7 Å². The molecular formula is C21H18ClFN4. The maximum Gasteiger partial charge on any atom is 0.128 e. The van der Waals surface area contributed by atoms with Gasteiger partial charge in [-0.15, -0.1) is 0 Å². The molecule has 2 N–H and O–H groups in total. The summed E-state index contributed by atoms with van der Waals surface area (Å²) in [6.45, 7) is 3.78. The van der Waals surface area contributed by atoms with E-state index in [-0.39, 0.29) is 11.9 Å². The highest BCUT2D eigenvalue weighted by atomic mass is 35.5. The lowest BCUT2D eigenvalue weighted by atomic mass is 10.0. The molecule has 2 aromatic carbocycles. The second-order valence-electron chi connectivity index (χ2n) is 6.49.